The van der Waals surface area contributed by atoms with Gasteiger partial charge in [0, 0.05) is 41.1 Å². The van der Waals surface area contributed by atoms with Gasteiger partial charge >= 0.3 is 5.91 Å². The van der Waals surface area contributed by atoms with Gasteiger partial charge in [0.05, 0.1) is 17.1 Å². The van der Waals surface area contributed by atoms with Crippen molar-refractivity contribution in [3.05, 3.63) is 89.8 Å². The van der Waals surface area contributed by atoms with E-state index in [0.717, 1.165) is 53.2 Å². The highest BCUT2D eigenvalue weighted by atomic mass is 15.8. The molecule has 0 radical (unpaired) electrons. The molecule has 0 bridgehead atoms. The first-order valence-corrected chi connectivity index (χ1v) is 12.6. The zero-order chi connectivity index (χ0) is 23.9. The van der Waals surface area contributed by atoms with Crippen LogP contribution in [0.4, 0.5) is 40.3 Å². The number of nitrogens with zero attached hydrogens (tertiary/aromatic N) is 8. The maximum Gasteiger partial charge on any atom is 0.300 e. The Bertz CT molecular complexity index is 1960. The van der Waals surface area contributed by atoms with Gasteiger partial charge in [0.2, 0.25) is 0 Å². The molecule has 6 heterocycles. The van der Waals surface area contributed by atoms with Gasteiger partial charge in [0.1, 0.15) is 0 Å². The summed E-state index contributed by atoms with van der Waals surface area (Å²) in [4.78, 5) is 29.3. The van der Waals surface area contributed by atoms with E-state index in [1.807, 2.05) is 0 Å². The second-order valence-electron chi connectivity index (χ2n) is 9.93. The number of hydrogen-bond donors (Lipinski definition) is 0. The summed E-state index contributed by atoms with van der Waals surface area (Å²) >= 11 is 0. The Balaban J connectivity index is 1.48. The quantitative estimate of drug-likeness (QED) is 0.331. The van der Waals surface area contributed by atoms with Gasteiger partial charge in [-0.1, -0.05) is 42.5 Å². The maximum atomic E-state index is 4.97. The van der Waals surface area contributed by atoms with Crippen molar-refractivity contribution in [3.63, 3.8) is 0 Å². The predicted octanol–water partition coefficient (Wildman–Crippen LogP) is 3.99. The van der Waals surface area contributed by atoms with Crippen molar-refractivity contribution < 1.29 is 0 Å². The molecule has 1 atom stereocenters. The molecule has 8 heteroatoms. The molecule has 10 rings (SSSR count). The van der Waals surface area contributed by atoms with Crippen LogP contribution in [0.15, 0.2) is 79.4 Å². The molecule has 0 saturated heterocycles. The number of anilines is 7. The largest absolute Gasteiger partial charge is 0.300 e. The summed E-state index contributed by atoms with van der Waals surface area (Å²) in [6.07, 6.45) is 11.4. The molecule has 37 heavy (non-hydrogen) atoms. The molecule has 4 aliphatic heterocycles. The average molecular weight is 479 g/mol. The van der Waals surface area contributed by atoms with Crippen LogP contribution in [0.3, 0.4) is 0 Å². The molecule has 0 amide bonds. The van der Waals surface area contributed by atoms with Gasteiger partial charge < -0.3 is 0 Å². The fourth-order valence-electron chi connectivity index (χ4n) is 7.20. The van der Waals surface area contributed by atoms with E-state index < -0.39 is 5.91 Å². The number of aromatic nitrogens is 4. The summed E-state index contributed by atoms with van der Waals surface area (Å²) in [5, 5.41) is 4.85. The first kappa shape index (κ1) is 18.3. The van der Waals surface area contributed by atoms with Gasteiger partial charge in [-0.2, -0.15) is 0 Å². The summed E-state index contributed by atoms with van der Waals surface area (Å²) in [6, 6.07) is 19.6. The van der Waals surface area contributed by atoms with E-state index in [-0.39, 0.29) is 0 Å². The lowest BCUT2D eigenvalue weighted by atomic mass is 9.97. The van der Waals surface area contributed by atoms with Crippen molar-refractivity contribution in [1.29, 1.82) is 0 Å². The standard InChI is InChI=1S/C29H18N8/c1-5-17-6-2-10-20-23(17)19(9-1)34-25-26(31-14-13-30-25)36-21-11-3-7-18-8-4-12-22(24(18)21)37-28-27(32-15-16-33-28)35(20)29(34,36)37/h1-3,5-11,13-16H,4,12H2. The van der Waals surface area contributed by atoms with Gasteiger partial charge in [-0.25, -0.2) is 19.9 Å². The van der Waals surface area contributed by atoms with E-state index in [9.17, 15) is 0 Å². The SMILES string of the molecule is C1=c2cccc3c2=C(CC1)N1c2nccnc2N2c4cccc5cccc(c45)N4c5nccnc5N3C124. The normalized spacial score (nSPS) is 20.8. The van der Waals surface area contributed by atoms with Gasteiger partial charge in [0.15, 0.2) is 23.3 Å². The van der Waals surface area contributed by atoms with Crippen molar-refractivity contribution >= 4 is 62.9 Å². The van der Waals surface area contributed by atoms with Crippen LogP contribution < -0.4 is 30.0 Å². The highest BCUT2D eigenvalue weighted by Gasteiger charge is 2.70. The zero-order valence-corrected chi connectivity index (χ0v) is 19.6. The molecule has 8 nitrogen and oxygen atoms in total. The van der Waals surface area contributed by atoms with Crippen LogP contribution in [0.5, 0.6) is 0 Å². The van der Waals surface area contributed by atoms with E-state index in [4.69, 9.17) is 19.9 Å². The smallest absolute Gasteiger partial charge is 0.265 e. The molecule has 1 spiro atoms. The van der Waals surface area contributed by atoms with Crippen LogP contribution in [0.2, 0.25) is 0 Å². The Morgan fingerprint density at radius 3 is 1.78 bits per heavy atom. The fraction of sp³-hybridized carbons (Fsp3) is 0.103. The minimum atomic E-state index is -0.853. The summed E-state index contributed by atoms with van der Waals surface area (Å²) in [7, 11) is 0. The van der Waals surface area contributed by atoms with Crippen LogP contribution >= 0.6 is 0 Å². The van der Waals surface area contributed by atoms with E-state index in [1.165, 1.54) is 26.9 Å². The molecule has 1 unspecified atom stereocenters. The molecule has 0 N–H and O–H groups in total. The van der Waals surface area contributed by atoms with Crippen LogP contribution in [0, 0.1) is 0 Å². The lowest BCUT2D eigenvalue weighted by Gasteiger charge is -2.56. The van der Waals surface area contributed by atoms with Crippen LogP contribution in [-0.2, 0) is 0 Å². The Morgan fingerprint density at radius 2 is 1.14 bits per heavy atom. The monoisotopic (exact) mass is 478 g/mol. The van der Waals surface area contributed by atoms with Crippen molar-refractivity contribution in [2.75, 3.05) is 19.6 Å². The topological polar surface area (TPSA) is 64.5 Å². The average Bonchev–Trinajstić information content (AvgIpc) is 3.43. The third-order valence-corrected chi connectivity index (χ3v) is 8.33. The van der Waals surface area contributed by atoms with Crippen LogP contribution in [0.25, 0.3) is 22.5 Å². The summed E-state index contributed by atoms with van der Waals surface area (Å²) in [6.45, 7) is 0. The summed E-state index contributed by atoms with van der Waals surface area (Å²) in [5.41, 5.74) is 4.61. The molecular formula is C29H18N8. The van der Waals surface area contributed by atoms with E-state index in [1.54, 1.807) is 24.8 Å². The van der Waals surface area contributed by atoms with Gasteiger partial charge in [0.25, 0.3) is 0 Å². The molecule has 2 aromatic heterocycles. The molecule has 3 aromatic carbocycles. The van der Waals surface area contributed by atoms with Crippen LogP contribution in [-0.4, -0.2) is 25.8 Å². The van der Waals surface area contributed by atoms with E-state index in [0.29, 0.717) is 0 Å². The third kappa shape index (κ3) is 1.78. The summed E-state index contributed by atoms with van der Waals surface area (Å²) < 4.78 is 0. The fourth-order valence-corrected chi connectivity index (χ4v) is 7.20. The van der Waals surface area contributed by atoms with E-state index >= 15 is 0 Å². The van der Waals surface area contributed by atoms with Gasteiger partial charge in [-0.05, 0) is 41.6 Å². The number of hydrogen-bond acceptors (Lipinski definition) is 8. The number of fused-ring (bicyclic) bond motifs is 10. The Hall–Kier alpha value is -4.98. The van der Waals surface area contributed by atoms with Crippen LogP contribution in [0.1, 0.15) is 12.8 Å². The molecule has 174 valence electrons. The Morgan fingerprint density at radius 1 is 0.595 bits per heavy atom. The van der Waals surface area contributed by atoms with Crippen molar-refractivity contribution in [1.82, 2.24) is 19.9 Å². The molecule has 0 fully saturated rings. The highest BCUT2D eigenvalue weighted by Crippen LogP contribution is 2.66. The lowest BCUT2D eigenvalue weighted by molar-refractivity contribution is 0.461. The van der Waals surface area contributed by atoms with Crippen molar-refractivity contribution in [2.24, 2.45) is 0 Å². The maximum absolute atomic E-state index is 4.97. The molecule has 0 saturated carbocycles. The second-order valence-corrected chi connectivity index (χ2v) is 9.93. The predicted molar refractivity (Wildman–Crippen MR) is 142 cm³/mol. The Kier molecular flexibility index (Phi) is 2.90. The Labute approximate surface area is 211 Å². The first-order valence-electron chi connectivity index (χ1n) is 12.6. The van der Waals surface area contributed by atoms with Gasteiger partial charge in [-0.3, -0.25) is 19.6 Å². The number of benzene rings is 3. The zero-order valence-electron chi connectivity index (χ0n) is 19.6. The molecular weight excluding hydrogens is 460 g/mol. The van der Waals surface area contributed by atoms with Gasteiger partial charge in [-0.15, -0.1) is 0 Å². The number of rotatable bonds is 0. The van der Waals surface area contributed by atoms with Crippen molar-refractivity contribution in [3.8, 4) is 0 Å². The minimum Gasteiger partial charge on any atom is -0.265 e. The lowest BCUT2D eigenvalue weighted by Crippen LogP contribution is -2.75. The first-order chi connectivity index (χ1) is 18.4. The molecule has 1 aliphatic carbocycles. The summed E-state index contributed by atoms with van der Waals surface area (Å²) in [5.74, 6) is 2.49. The van der Waals surface area contributed by atoms with E-state index in [2.05, 4.69) is 80.3 Å². The minimum absolute atomic E-state index is 0.827. The molecule has 5 aromatic rings. The van der Waals surface area contributed by atoms with Crippen molar-refractivity contribution in [2.45, 2.75) is 18.8 Å². The second kappa shape index (κ2) is 5.87. The molecule has 5 aliphatic rings. The third-order valence-electron chi connectivity index (χ3n) is 8.33. The highest BCUT2D eigenvalue weighted by molar-refractivity contribution is 6.15.